The Balaban J connectivity index is 1.35. The zero-order valence-corrected chi connectivity index (χ0v) is 14.4. The Labute approximate surface area is 146 Å². The molecule has 1 fully saturated rings. The molecule has 0 radical (unpaired) electrons. The van der Waals surface area contributed by atoms with Gasteiger partial charge in [-0.25, -0.2) is 0 Å². The molecule has 25 heavy (non-hydrogen) atoms. The Hall–Kier alpha value is -2.47. The second-order valence-electron chi connectivity index (χ2n) is 6.48. The number of nitrogens with zero attached hydrogens (tertiary/aromatic N) is 2. The molecule has 4 rings (SSSR count). The molecule has 0 aliphatic carbocycles. The molecule has 6 heteroatoms. The second kappa shape index (κ2) is 6.80. The van der Waals surface area contributed by atoms with Gasteiger partial charge in [-0.05, 0) is 30.7 Å². The first-order chi connectivity index (χ1) is 12.2. The molecule has 1 aromatic carbocycles. The maximum Gasteiger partial charge on any atom is 0.289 e. The van der Waals surface area contributed by atoms with E-state index in [1.54, 1.807) is 6.26 Å². The maximum atomic E-state index is 12.5. The lowest BCUT2D eigenvalue weighted by atomic mass is 10.1. The quantitative estimate of drug-likeness (QED) is 0.857. The number of hydrogen-bond donors (Lipinski definition) is 0. The van der Waals surface area contributed by atoms with Gasteiger partial charge >= 0.3 is 0 Å². The summed E-state index contributed by atoms with van der Waals surface area (Å²) in [4.78, 5) is 16.7. The Morgan fingerprint density at radius 1 is 1.04 bits per heavy atom. The van der Waals surface area contributed by atoms with Crippen molar-refractivity contribution in [2.75, 3.05) is 39.4 Å². The SMILES string of the molecule is Cc1ccoc1C(=O)N1CCN(Cc2ccc3c(c2)OCCO3)CC1. The van der Waals surface area contributed by atoms with E-state index in [0.717, 1.165) is 36.7 Å². The summed E-state index contributed by atoms with van der Waals surface area (Å²) in [5.74, 6) is 2.09. The first-order valence-electron chi connectivity index (χ1n) is 8.65. The van der Waals surface area contributed by atoms with Gasteiger partial charge in [-0.1, -0.05) is 6.07 Å². The summed E-state index contributed by atoms with van der Waals surface area (Å²) in [6, 6.07) is 7.93. The smallest absolute Gasteiger partial charge is 0.289 e. The van der Waals surface area contributed by atoms with Crippen molar-refractivity contribution < 1.29 is 18.7 Å². The van der Waals surface area contributed by atoms with Crippen molar-refractivity contribution in [2.45, 2.75) is 13.5 Å². The van der Waals surface area contributed by atoms with Crippen LogP contribution in [0.25, 0.3) is 0 Å². The monoisotopic (exact) mass is 342 g/mol. The largest absolute Gasteiger partial charge is 0.486 e. The molecule has 2 aliphatic heterocycles. The standard InChI is InChI=1S/C19H22N2O4/c1-14-4-9-25-18(14)19(22)21-7-5-20(6-8-21)13-15-2-3-16-17(12-15)24-11-10-23-16/h2-4,9,12H,5-8,10-11,13H2,1H3. The van der Waals surface area contributed by atoms with Gasteiger partial charge in [0.15, 0.2) is 17.3 Å². The molecule has 132 valence electrons. The summed E-state index contributed by atoms with van der Waals surface area (Å²) >= 11 is 0. The average molecular weight is 342 g/mol. The third kappa shape index (κ3) is 3.35. The van der Waals surface area contributed by atoms with Crippen LogP contribution in [-0.2, 0) is 6.54 Å². The van der Waals surface area contributed by atoms with Crippen molar-refractivity contribution in [1.29, 1.82) is 0 Å². The summed E-state index contributed by atoms with van der Waals surface area (Å²) in [5, 5.41) is 0. The van der Waals surface area contributed by atoms with E-state index >= 15 is 0 Å². The van der Waals surface area contributed by atoms with Gasteiger partial charge in [-0.15, -0.1) is 0 Å². The molecule has 2 aliphatic rings. The van der Waals surface area contributed by atoms with Gasteiger partial charge in [0, 0.05) is 38.3 Å². The summed E-state index contributed by atoms with van der Waals surface area (Å²) in [5.41, 5.74) is 2.09. The van der Waals surface area contributed by atoms with E-state index in [0.29, 0.717) is 32.1 Å². The van der Waals surface area contributed by atoms with Crippen LogP contribution >= 0.6 is 0 Å². The highest BCUT2D eigenvalue weighted by Gasteiger charge is 2.25. The number of carbonyl (C=O) groups is 1. The minimum absolute atomic E-state index is 0.0125. The number of aryl methyl sites for hydroxylation is 1. The molecule has 0 saturated carbocycles. The molecule has 0 atom stereocenters. The summed E-state index contributed by atoms with van der Waals surface area (Å²) in [6.07, 6.45) is 1.57. The highest BCUT2D eigenvalue weighted by molar-refractivity contribution is 5.92. The number of fused-ring (bicyclic) bond motifs is 1. The van der Waals surface area contributed by atoms with Crippen LogP contribution in [0.1, 0.15) is 21.7 Å². The molecule has 1 amide bonds. The van der Waals surface area contributed by atoms with E-state index in [1.807, 2.05) is 24.0 Å². The van der Waals surface area contributed by atoms with Crippen molar-refractivity contribution in [3.05, 3.63) is 47.4 Å². The number of benzene rings is 1. The zero-order chi connectivity index (χ0) is 17.2. The van der Waals surface area contributed by atoms with Crippen LogP contribution < -0.4 is 9.47 Å². The molecule has 3 heterocycles. The van der Waals surface area contributed by atoms with Gasteiger partial charge in [0.1, 0.15) is 13.2 Å². The number of ether oxygens (including phenoxy) is 2. The summed E-state index contributed by atoms with van der Waals surface area (Å²) in [6.45, 7) is 7.07. The third-order valence-electron chi connectivity index (χ3n) is 4.73. The molecule has 0 spiro atoms. The van der Waals surface area contributed by atoms with E-state index in [-0.39, 0.29) is 5.91 Å². The van der Waals surface area contributed by atoms with Gasteiger partial charge in [0.05, 0.1) is 6.26 Å². The molecule has 2 aromatic rings. The topological polar surface area (TPSA) is 55.2 Å². The van der Waals surface area contributed by atoms with E-state index in [1.165, 1.54) is 5.56 Å². The number of amides is 1. The lowest BCUT2D eigenvalue weighted by molar-refractivity contribution is 0.0596. The highest BCUT2D eigenvalue weighted by atomic mass is 16.6. The minimum atomic E-state index is -0.0125. The number of furan rings is 1. The normalized spacial score (nSPS) is 17.6. The first kappa shape index (κ1) is 16.0. The average Bonchev–Trinajstić information content (AvgIpc) is 3.08. The molecule has 0 N–H and O–H groups in total. The molecule has 1 aromatic heterocycles. The maximum absolute atomic E-state index is 12.5. The highest BCUT2D eigenvalue weighted by Crippen LogP contribution is 2.31. The van der Waals surface area contributed by atoms with Gasteiger partial charge in [-0.2, -0.15) is 0 Å². The zero-order valence-electron chi connectivity index (χ0n) is 14.4. The van der Waals surface area contributed by atoms with Gasteiger partial charge < -0.3 is 18.8 Å². The minimum Gasteiger partial charge on any atom is -0.486 e. The fraction of sp³-hybridized carbons (Fsp3) is 0.421. The molecule has 1 saturated heterocycles. The summed E-state index contributed by atoms with van der Waals surface area (Å²) in [7, 11) is 0. The van der Waals surface area contributed by atoms with Gasteiger partial charge in [0.25, 0.3) is 5.91 Å². The van der Waals surface area contributed by atoms with E-state index in [9.17, 15) is 4.79 Å². The van der Waals surface area contributed by atoms with E-state index < -0.39 is 0 Å². The Kier molecular flexibility index (Phi) is 4.36. The number of rotatable bonds is 3. The Bertz CT molecular complexity index is 763. The van der Waals surface area contributed by atoms with Crippen molar-refractivity contribution in [1.82, 2.24) is 9.80 Å². The number of piperazine rings is 1. The fourth-order valence-electron chi connectivity index (χ4n) is 3.29. The van der Waals surface area contributed by atoms with Gasteiger partial charge in [-0.3, -0.25) is 9.69 Å². The van der Waals surface area contributed by atoms with Crippen molar-refractivity contribution >= 4 is 5.91 Å². The number of hydrogen-bond acceptors (Lipinski definition) is 5. The molecular weight excluding hydrogens is 320 g/mol. The fourth-order valence-corrected chi connectivity index (χ4v) is 3.29. The third-order valence-corrected chi connectivity index (χ3v) is 4.73. The molecule has 0 unspecified atom stereocenters. The van der Waals surface area contributed by atoms with Crippen LogP contribution in [0.15, 0.2) is 34.9 Å². The van der Waals surface area contributed by atoms with Crippen LogP contribution in [0.2, 0.25) is 0 Å². The van der Waals surface area contributed by atoms with Crippen LogP contribution in [-0.4, -0.2) is 55.1 Å². The van der Waals surface area contributed by atoms with E-state index in [2.05, 4.69) is 17.0 Å². The lowest BCUT2D eigenvalue weighted by Crippen LogP contribution is -2.48. The van der Waals surface area contributed by atoms with Gasteiger partial charge in [0.2, 0.25) is 0 Å². The van der Waals surface area contributed by atoms with Crippen LogP contribution in [0.4, 0.5) is 0 Å². The predicted molar refractivity (Wildman–Crippen MR) is 92.1 cm³/mol. The van der Waals surface area contributed by atoms with Crippen molar-refractivity contribution in [3.8, 4) is 11.5 Å². The second-order valence-corrected chi connectivity index (χ2v) is 6.48. The first-order valence-corrected chi connectivity index (χ1v) is 8.65. The Morgan fingerprint density at radius 2 is 1.80 bits per heavy atom. The van der Waals surface area contributed by atoms with Crippen molar-refractivity contribution in [3.63, 3.8) is 0 Å². The molecule has 0 bridgehead atoms. The van der Waals surface area contributed by atoms with Crippen LogP contribution in [0.3, 0.4) is 0 Å². The van der Waals surface area contributed by atoms with Crippen molar-refractivity contribution in [2.24, 2.45) is 0 Å². The molecular formula is C19H22N2O4. The van der Waals surface area contributed by atoms with Crippen LogP contribution in [0, 0.1) is 6.92 Å². The Morgan fingerprint density at radius 3 is 2.52 bits per heavy atom. The summed E-state index contributed by atoms with van der Waals surface area (Å²) < 4.78 is 16.5. The lowest BCUT2D eigenvalue weighted by Gasteiger charge is -2.34. The molecule has 6 nitrogen and oxygen atoms in total. The van der Waals surface area contributed by atoms with Crippen LogP contribution in [0.5, 0.6) is 11.5 Å². The van der Waals surface area contributed by atoms with E-state index in [4.69, 9.17) is 13.9 Å². The predicted octanol–water partition coefficient (Wildman–Crippen LogP) is 2.32. The number of carbonyl (C=O) groups excluding carboxylic acids is 1.